The van der Waals surface area contributed by atoms with Gasteiger partial charge in [-0.05, 0) is 78.7 Å². The monoisotopic (exact) mass is 477 g/mol. The molecular formula is C21H24IN3O2. The van der Waals surface area contributed by atoms with Gasteiger partial charge in [-0.25, -0.2) is 0 Å². The number of nitrogens with one attached hydrogen (secondary N) is 2. The zero-order valence-corrected chi connectivity index (χ0v) is 17.5. The van der Waals surface area contributed by atoms with Crippen LogP contribution in [0.5, 0.6) is 0 Å². The lowest BCUT2D eigenvalue weighted by Gasteiger charge is -2.31. The van der Waals surface area contributed by atoms with E-state index < -0.39 is 0 Å². The van der Waals surface area contributed by atoms with Crippen molar-refractivity contribution < 1.29 is 9.59 Å². The molecule has 142 valence electrons. The van der Waals surface area contributed by atoms with E-state index in [4.69, 9.17) is 0 Å². The molecule has 0 saturated carbocycles. The summed E-state index contributed by atoms with van der Waals surface area (Å²) in [7, 11) is 0. The number of hydrogen-bond donors (Lipinski definition) is 2. The number of carbonyl (C=O) groups excluding carboxylic acids is 2. The van der Waals surface area contributed by atoms with Crippen LogP contribution in [0.2, 0.25) is 0 Å². The Bertz CT molecular complexity index is 810. The molecule has 1 heterocycles. The fraction of sp³-hybridized carbons (Fsp3) is 0.333. The van der Waals surface area contributed by atoms with Gasteiger partial charge in [-0.3, -0.25) is 14.5 Å². The second-order valence-electron chi connectivity index (χ2n) is 6.94. The number of anilines is 2. The number of carbonyl (C=O) groups is 2. The van der Waals surface area contributed by atoms with Crippen molar-refractivity contribution in [2.75, 3.05) is 30.3 Å². The molecule has 1 saturated heterocycles. The standard InChI is InChI=1S/C21H24IN3O2/c1-15-9-10-18(12-19(15)22)23-20(26)14-25-11-5-6-16(13-25)21(27)24-17-7-3-2-4-8-17/h2-4,7-10,12,16H,5-6,11,13-14H2,1H3,(H,23,26)(H,24,27)/t16-/m1/s1. The van der Waals surface area contributed by atoms with E-state index in [0.29, 0.717) is 13.1 Å². The third-order valence-corrected chi connectivity index (χ3v) is 5.90. The van der Waals surface area contributed by atoms with Crippen molar-refractivity contribution in [3.63, 3.8) is 0 Å². The van der Waals surface area contributed by atoms with Crippen LogP contribution in [-0.2, 0) is 9.59 Å². The second kappa shape index (κ2) is 9.32. The minimum Gasteiger partial charge on any atom is -0.326 e. The van der Waals surface area contributed by atoms with Gasteiger partial charge in [0.15, 0.2) is 0 Å². The molecule has 1 aliphatic heterocycles. The predicted octanol–water partition coefficient (Wildman–Crippen LogP) is 3.89. The van der Waals surface area contributed by atoms with Crippen molar-refractivity contribution in [3.05, 3.63) is 57.7 Å². The zero-order valence-electron chi connectivity index (χ0n) is 15.4. The predicted molar refractivity (Wildman–Crippen MR) is 117 cm³/mol. The van der Waals surface area contributed by atoms with E-state index in [1.807, 2.05) is 55.5 Å². The highest BCUT2D eigenvalue weighted by molar-refractivity contribution is 14.1. The molecule has 0 aromatic heterocycles. The first-order valence-electron chi connectivity index (χ1n) is 9.15. The zero-order chi connectivity index (χ0) is 19.2. The van der Waals surface area contributed by atoms with Crippen molar-refractivity contribution in [1.82, 2.24) is 4.90 Å². The van der Waals surface area contributed by atoms with Crippen LogP contribution in [0.15, 0.2) is 48.5 Å². The minimum atomic E-state index is -0.0907. The minimum absolute atomic E-state index is 0.0272. The topological polar surface area (TPSA) is 61.4 Å². The fourth-order valence-corrected chi connectivity index (χ4v) is 3.77. The molecule has 2 aromatic carbocycles. The van der Waals surface area contributed by atoms with Gasteiger partial charge in [0, 0.05) is 21.5 Å². The highest BCUT2D eigenvalue weighted by atomic mass is 127. The van der Waals surface area contributed by atoms with E-state index in [1.165, 1.54) is 5.56 Å². The SMILES string of the molecule is Cc1ccc(NC(=O)CN2CCC[C@@H](C(=O)Nc3ccccc3)C2)cc1I. The lowest BCUT2D eigenvalue weighted by Crippen LogP contribution is -2.44. The van der Waals surface area contributed by atoms with Crippen molar-refractivity contribution in [3.8, 4) is 0 Å². The highest BCUT2D eigenvalue weighted by Gasteiger charge is 2.26. The van der Waals surface area contributed by atoms with Crippen molar-refractivity contribution in [1.29, 1.82) is 0 Å². The third kappa shape index (κ3) is 5.77. The highest BCUT2D eigenvalue weighted by Crippen LogP contribution is 2.20. The lowest BCUT2D eigenvalue weighted by atomic mass is 9.97. The number of rotatable bonds is 5. The van der Waals surface area contributed by atoms with Crippen molar-refractivity contribution in [2.45, 2.75) is 19.8 Å². The van der Waals surface area contributed by atoms with Crippen LogP contribution < -0.4 is 10.6 Å². The number of piperidine rings is 1. The summed E-state index contributed by atoms with van der Waals surface area (Å²) >= 11 is 2.26. The van der Waals surface area contributed by atoms with Crippen LogP contribution in [0.1, 0.15) is 18.4 Å². The summed E-state index contributed by atoms with van der Waals surface area (Å²) in [6, 6.07) is 15.4. The van der Waals surface area contributed by atoms with Gasteiger partial charge in [0.1, 0.15) is 0 Å². The molecule has 0 spiro atoms. The second-order valence-corrected chi connectivity index (χ2v) is 8.10. The van der Waals surface area contributed by atoms with Gasteiger partial charge in [0.25, 0.3) is 0 Å². The maximum atomic E-state index is 12.5. The third-order valence-electron chi connectivity index (χ3n) is 4.74. The molecule has 1 fully saturated rings. The molecule has 2 amide bonds. The number of para-hydroxylation sites is 1. The molecular weight excluding hydrogens is 453 g/mol. The quantitative estimate of drug-likeness (QED) is 0.643. The lowest BCUT2D eigenvalue weighted by molar-refractivity contribution is -0.123. The molecule has 0 bridgehead atoms. The maximum Gasteiger partial charge on any atom is 0.238 e. The number of benzene rings is 2. The Labute approximate surface area is 173 Å². The van der Waals surface area contributed by atoms with E-state index in [1.54, 1.807) is 0 Å². The smallest absolute Gasteiger partial charge is 0.238 e. The Hall–Kier alpha value is -1.93. The van der Waals surface area contributed by atoms with Gasteiger partial charge in [-0.15, -0.1) is 0 Å². The molecule has 1 atom stereocenters. The first kappa shape index (κ1) is 19.8. The number of halogens is 1. The largest absolute Gasteiger partial charge is 0.326 e. The fourth-order valence-electron chi connectivity index (χ4n) is 3.25. The summed E-state index contributed by atoms with van der Waals surface area (Å²) in [6.07, 6.45) is 1.77. The number of hydrogen-bond acceptors (Lipinski definition) is 3. The molecule has 0 radical (unpaired) electrons. The Morgan fingerprint density at radius 2 is 1.89 bits per heavy atom. The number of aryl methyl sites for hydroxylation is 1. The summed E-state index contributed by atoms with van der Waals surface area (Å²) in [6.45, 7) is 3.80. The van der Waals surface area contributed by atoms with Gasteiger partial charge in [-0.1, -0.05) is 24.3 Å². The Balaban J connectivity index is 1.52. The summed E-state index contributed by atoms with van der Waals surface area (Å²) in [5.41, 5.74) is 2.81. The number of nitrogens with zero attached hydrogens (tertiary/aromatic N) is 1. The Morgan fingerprint density at radius 1 is 1.11 bits per heavy atom. The number of likely N-dealkylation sites (tertiary alicyclic amines) is 1. The normalized spacial score (nSPS) is 17.3. The Morgan fingerprint density at radius 3 is 2.63 bits per heavy atom. The van der Waals surface area contributed by atoms with Crippen LogP contribution in [0.25, 0.3) is 0 Å². The van der Waals surface area contributed by atoms with Crippen LogP contribution in [0.3, 0.4) is 0 Å². The molecule has 2 N–H and O–H groups in total. The van der Waals surface area contributed by atoms with Crippen molar-refractivity contribution >= 4 is 45.8 Å². The van der Waals surface area contributed by atoms with Crippen LogP contribution >= 0.6 is 22.6 Å². The summed E-state index contributed by atoms with van der Waals surface area (Å²) in [5.74, 6) is -0.106. The molecule has 3 rings (SSSR count). The van der Waals surface area contributed by atoms with Crippen LogP contribution in [-0.4, -0.2) is 36.3 Å². The average Bonchev–Trinajstić information content (AvgIpc) is 2.66. The molecule has 0 unspecified atom stereocenters. The molecule has 5 nitrogen and oxygen atoms in total. The summed E-state index contributed by atoms with van der Waals surface area (Å²) < 4.78 is 1.13. The van der Waals surface area contributed by atoms with E-state index >= 15 is 0 Å². The molecule has 27 heavy (non-hydrogen) atoms. The van der Waals surface area contributed by atoms with E-state index in [9.17, 15) is 9.59 Å². The van der Waals surface area contributed by atoms with Gasteiger partial charge in [0.05, 0.1) is 12.5 Å². The average molecular weight is 477 g/mol. The first-order valence-corrected chi connectivity index (χ1v) is 10.2. The van der Waals surface area contributed by atoms with Crippen LogP contribution in [0.4, 0.5) is 11.4 Å². The van der Waals surface area contributed by atoms with Gasteiger partial charge in [-0.2, -0.15) is 0 Å². The van der Waals surface area contributed by atoms with Gasteiger partial charge >= 0.3 is 0 Å². The maximum absolute atomic E-state index is 12.5. The first-order chi connectivity index (χ1) is 13.0. The molecule has 6 heteroatoms. The summed E-state index contributed by atoms with van der Waals surface area (Å²) in [5, 5.41) is 5.93. The molecule has 2 aromatic rings. The Kier molecular flexibility index (Phi) is 6.84. The van der Waals surface area contributed by atoms with Crippen molar-refractivity contribution in [2.24, 2.45) is 5.92 Å². The van der Waals surface area contributed by atoms with E-state index in [0.717, 1.165) is 34.3 Å². The summed E-state index contributed by atoms with van der Waals surface area (Å²) in [4.78, 5) is 27.0. The number of amides is 2. The van der Waals surface area contributed by atoms with Gasteiger partial charge in [0.2, 0.25) is 11.8 Å². The van der Waals surface area contributed by atoms with Gasteiger partial charge < -0.3 is 10.6 Å². The molecule has 0 aliphatic carbocycles. The van der Waals surface area contributed by atoms with E-state index in [2.05, 4.69) is 38.1 Å². The molecule has 1 aliphatic rings. The van der Waals surface area contributed by atoms with E-state index in [-0.39, 0.29) is 17.7 Å². The van der Waals surface area contributed by atoms with Crippen LogP contribution in [0, 0.1) is 16.4 Å².